The Labute approximate surface area is 211 Å². The van der Waals surface area contributed by atoms with Crippen molar-refractivity contribution in [3.63, 3.8) is 0 Å². The number of ketones is 1. The van der Waals surface area contributed by atoms with Gasteiger partial charge in [-0.25, -0.2) is 4.98 Å². The van der Waals surface area contributed by atoms with E-state index in [0.29, 0.717) is 30.1 Å². The highest BCUT2D eigenvalue weighted by molar-refractivity contribution is 6.43. The summed E-state index contributed by atoms with van der Waals surface area (Å²) in [6.07, 6.45) is 5.49. The number of nitrogens with one attached hydrogen (secondary N) is 1. The molecule has 36 heavy (non-hydrogen) atoms. The van der Waals surface area contributed by atoms with E-state index < -0.39 is 19.0 Å². The first kappa shape index (κ1) is 25.6. The van der Waals surface area contributed by atoms with Gasteiger partial charge in [0, 0.05) is 18.5 Å². The molecule has 3 N–H and O–H groups in total. The van der Waals surface area contributed by atoms with Crippen LogP contribution in [0.15, 0.2) is 79.0 Å². The molecule has 0 bridgehead atoms. The first-order valence-electron chi connectivity index (χ1n) is 12.4. The largest absolute Gasteiger partial charge is 0.475 e. The van der Waals surface area contributed by atoms with Gasteiger partial charge in [0.15, 0.2) is 5.78 Å². The van der Waals surface area contributed by atoms with Gasteiger partial charge in [-0.1, -0.05) is 67.8 Å². The minimum Gasteiger partial charge on any atom is -0.438 e. The molecule has 1 heterocycles. The quantitative estimate of drug-likeness (QED) is 0.264. The Morgan fingerprint density at radius 2 is 1.69 bits per heavy atom. The number of benzene rings is 2. The number of nitrogens with zero attached hydrogens (tertiary/aromatic N) is 1. The van der Waals surface area contributed by atoms with Crippen LogP contribution in [-0.2, 0) is 11.2 Å². The summed E-state index contributed by atoms with van der Waals surface area (Å²) < 4.78 is 5.85. The van der Waals surface area contributed by atoms with Crippen molar-refractivity contribution >= 4 is 18.8 Å². The summed E-state index contributed by atoms with van der Waals surface area (Å²) in [6.45, 7) is 0. The van der Waals surface area contributed by atoms with Gasteiger partial charge in [0.2, 0.25) is 11.8 Å². The summed E-state index contributed by atoms with van der Waals surface area (Å²) in [5, 5.41) is 22.6. The molecule has 2 atom stereocenters. The molecule has 1 amide bonds. The maximum absolute atomic E-state index is 13.4. The highest BCUT2D eigenvalue weighted by Crippen LogP contribution is 2.31. The first-order valence-corrected chi connectivity index (χ1v) is 12.4. The molecule has 1 aliphatic rings. The molecule has 186 valence electrons. The number of ether oxygens (including phenoxy) is 1. The molecule has 4 rings (SSSR count). The fourth-order valence-electron chi connectivity index (χ4n) is 4.42. The lowest BCUT2D eigenvalue weighted by Gasteiger charge is -2.30. The number of amides is 1. The van der Waals surface area contributed by atoms with Gasteiger partial charge in [0.1, 0.15) is 5.75 Å². The van der Waals surface area contributed by atoms with Crippen LogP contribution in [0, 0.1) is 11.8 Å². The standard InChI is InChI=1S/C28H31BN2O5/c32-25(24-15-8-16-30-28(24)36-23-13-5-2-6-14-23)19-22(17-20-9-3-1-4-10-20)27(33)31-26(29(34)35)18-21-11-7-12-21/h1-6,8-10,13-16,21-22,26,34-35H,7,11-12,17-19H2,(H,31,33)/t22-,26+/m1/s1. The van der Waals surface area contributed by atoms with Gasteiger partial charge in [0.25, 0.3) is 0 Å². The van der Waals surface area contributed by atoms with Crippen molar-refractivity contribution in [3.8, 4) is 11.6 Å². The summed E-state index contributed by atoms with van der Waals surface area (Å²) in [4.78, 5) is 31.0. The molecule has 1 aliphatic carbocycles. The molecule has 0 spiro atoms. The maximum atomic E-state index is 13.4. The van der Waals surface area contributed by atoms with Crippen LogP contribution >= 0.6 is 0 Å². The first-order chi connectivity index (χ1) is 17.5. The number of rotatable bonds is 12. The topological polar surface area (TPSA) is 109 Å². The van der Waals surface area contributed by atoms with Gasteiger partial charge in [-0.3, -0.25) is 9.59 Å². The molecule has 1 fully saturated rings. The van der Waals surface area contributed by atoms with Gasteiger partial charge in [-0.2, -0.15) is 0 Å². The van der Waals surface area contributed by atoms with Crippen LogP contribution in [0.3, 0.4) is 0 Å². The van der Waals surface area contributed by atoms with Crippen molar-refractivity contribution in [2.75, 3.05) is 0 Å². The zero-order chi connectivity index (χ0) is 25.3. The van der Waals surface area contributed by atoms with E-state index in [2.05, 4.69) is 10.3 Å². The van der Waals surface area contributed by atoms with E-state index in [-0.39, 0.29) is 24.0 Å². The van der Waals surface area contributed by atoms with Gasteiger partial charge < -0.3 is 20.1 Å². The Morgan fingerprint density at radius 3 is 2.33 bits per heavy atom. The number of carbonyl (C=O) groups excluding carboxylic acids is 2. The molecule has 8 heteroatoms. The fourth-order valence-corrected chi connectivity index (χ4v) is 4.42. The number of pyridine rings is 1. The molecular formula is C28H31BN2O5. The number of hydrogen-bond donors (Lipinski definition) is 3. The Bertz CT molecular complexity index is 1140. The average Bonchev–Trinajstić information content (AvgIpc) is 2.86. The third kappa shape index (κ3) is 7.02. The van der Waals surface area contributed by atoms with E-state index in [1.165, 1.54) is 0 Å². The SMILES string of the molecule is O=C(C[C@@H](Cc1ccccc1)C(=O)N[C@@H](CC1CCC1)B(O)O)c1cccnc1Oc1ccccc1. The molecule has 3 aromatic rings. The zero-order valence-electron chi connectivity index (χ0n) is 20.1. The number of Topliss-reactive ketones (excluding diaryl/α,β-unsaturated/α-hetero) is 1. The smallest absolute Gasteiger partial charge is 0.438 e. The predicted octanol–water partition coefficient (Wildman–Crippen LogP) is 3.99. The van der Waals surface area contributed by atoms with E-state index in [9.17, 15) is 19.6 Å². The van der Waals surface area contributed by atoms with Crippen LogP contribution in [0.25, 0.3) is 0 Å². The third-order valence-electron chi connectivity index (χ3n) is 6.66. The number of hydrogen-bond acceptors (Lipinski definition) is 6. The summed E-state index contributed by atoms with van der Waals surface area (Å²) in [5.74, 6) is -1.01. The highest BCUT2D eigenvalue weighted by Gasteiger charge is 2.33. The van der Waals surface area contributed by atoms with Gasteiger partial charge in [-0.05, 0) is 48.6 Å². The minimum atomic E-state index is -1.66. The van der Waals surface area contributed by atoms with Crippen molar-refractivity contribution in [3.05, 3.63) is 90.1 Å². The Hall–Kier alpha value is -3.49. The second-order valence-electron chi connectivity index (χ2n) is 9.35. The van der Waals surface area contributed by atoms with Gasteiger partial charge in [0.05, 0.1) is 11.5 Å². The number of aromatic nitrogens is 1. The summed E-state index contributed by atoms with van der Waals surface area (Å²) in [6, 6.07) is 21.9. The van der Waals surface area contributed by atoms with Crippen molar-refractivity contribution in [2.24, 2.45) is 11.8 Å². The molecule has 7 nitrogen and oxygen atoms in total. The van der Waals surface area contributed by atoms with Crippen LogP contribution in [0.2, 0.25) is 0 Å². The molecule has 1 saturated carbocycles. The predicted molar refractivity (Wildman–Crippen MR) is 137 cm³/mol. The van der Waals surface area contributed by atoms with Crippen molar-refractivity contribution in [1.82, 2.24) is 10.3 Å². The van der Waals surface area contributed by atoms with Crippen molar-refractivity contribution in [1.29, 1.82) is 0 Å². The summed E-state index contributed by atoms with van der Waals surface area (Å²) in [5.41, 5.74) is 1.21. The highest BCUT2D eigenvalue weighted by atomic mass is 16.5. The van der Waals surface area contributed by atoms with Crippen molar-refractivity contribution < 1.29 is 24.4 Å². The average molecular weight is 486 g/mol. The second-order valence-corrected chi connectivity index (χ2v) is 9.35. The van der Waals surface area contributed by atoms with Crippen LogP contribution in [-0.4, -0.2) is 39.8 Å². The van der Waals surface area contributed by atoms with Crippen LogP contribution in [0.1, 0.15) is 48.0 Å². The van der Waals surface area contributed by atoms with E-state index in [0.717, 1.165) is 24.8 Å². The molecule has 0 saturated heterocycles. The summed E-state index contributed by atoms with van der Waals surface area (Å²) >= 11 is 0. The van der Waals surface area contributed by atoms with Crippen LogP contribution < -0.4 is 10.1 Å². The Kier molecular flexibility index (Phi) is 8.87. The maximum Gasteiger partial charge on any atom is 0.475 e. The second kappa shape index (κ2) is 12.5. The molecule has 0 unspecified atom stereocenters. The Balaban J connectivity index is 1.52. The zero-order valence-corrected chi connectivity index (χ0v) is 20.1. The number of carbonyl (C=O) groups is 2. The Morgan fingerprint density at radius 1 is 1.00 bits per heavy atom. The third-order valence-corrected chi connectivity index (χ3v) is 6.66. The molecule has 0 radical (unpaired) electrons. The normalized spacial score (nSPS) is 14.8. The van der Waals surface area contributed by atoms with E-state index in [4.69, 9.17) is 4.74 Å². The van der Waals surface area contributed by atoms with E-state index in [1.54, 1.807) is 30.5 Å². The lowest BCUT2D eigenvalue weighted by atomic mass is 9.69. The van der Waals surface area contributed by atoms with Crippen LogP contribution in [0.4, 0.5) is 0 Å². The van der Waals surface area contributed by atoms with Gasteiger partial charge >= 0.3 is 7.12 Å². The summed E-state index contributed by atoms with van der Waals surface area (Å²) in [7, 11) is -1.66. The number of para-hydroxylation sites is 1. The lowest BCUT2D eigenvalue weighted by Crippen LogP contribution is -2.50. The molecule has 1 aromatic heterocycles. The minimum absolute atomic E-state index is 0.0742. The van der Waals surface area contributed by atoms with Gasteiger partial charge in [-0.15, -0.1) is 0 Å². The molecule has 0 aliphatic heterocycles. The van der Waals surface area contributed by atoms with Crippen LogP contribution in [0.5, 0.6) is 11.6 Å². The van der Waals surface area contributed by atoms with E-state index in [1.807, 2.05) is 48.5 Å². The van der Waals surface area contributed by atoms with E-state index >= 15 is 0 Å². The fraction of sp³-hybridized carbons (Fsp3) is 0.321. The lowest BCUT2D eigenvalue weighted by molar-refractivity contribution is -0.125. The van der Waals surface area contributed by atoms with Crippen molar-refractivity contribution in [2.45, 2.75) is 44.5 Å². The monoisotopic (exact) mass is 486 g/mol. The molecule has 2 aromatic carbocycles. The molecular weight excluding hydrogens is 455 g/mol.